The highest BCUT2D eigenvalue weighted by Gasteiger charge is 2.20. The molecule has 1 aliphatic heterocycles. The van der Waals surface area contributed by atoms with Gasteiger partial charge in [-0.1, -0.05) is 0 Å². The molecule has 0 radical (unpaired) electrons. The Bertz CT molecular complexity index is 1210. The molecule has 5 heterocycles. The van der Waals surface area contributed by atoms with Gasteiger partial charge in [0.15, 0.2) is 11.4 Å². The van der Waals surface area contributed by atoms with E-state index in [1.807, 2.05) is 42.0 Å². The van der Waals surface area contributed by atoms with E-state index in [2.05, 4.69) is 26.8 Å². The predicted octanol–water partition coefficient (Wildman–Crippen LogP) is 4.12. The largest absolute Gasteiger partial charge is 0.463 e. The number of carbonyl (C=O) groups excluding carboxylic acids is 1. The lowest BCUT2D eigenvalue weighted by Crippen LogP contribution is -2.37. The molecule has 4 aromatic rings. The standard InChI is InChI=1S/C23H25N5O2S/c1-15(2)28-22-18(13-25-28)17(12-19(26-22)20-4-3-10-30-20)23(29)24-7-9-27-8-5-21-16(14-27)6-11-31-21/h3-4,6,10-13,15H,5,7-9,14H2,1-2H3,(H,24,29). The third kappa shape index (κ3) is 3.88. The summed E-state index contributed by atoms with van der Waals surface area (Å²) in [4.78, 5) is 21.8. The topological polar surface area (TPSA) is 76.2 Å². The van der Waals surface area contributed by atoms with Crippen LogP contribution < -0.4 is 5.32 Å². The number of rotatable bonds is 6. The van der Waals surface area contributed by atoms with Gasteiger partial charge in [-0.15, -0.1) is 11.3 Å². The third-order valence-electron chi connectivity index (χ3n) is 5.67. The molecule has 160 valence electrons. The van der Waals surface area contributed by atoms with Gasteiger partial charge in [0.05, 0.1) is 23.4 Å². The van der Waals surface area contributed by atoms with Crippen LogP contribution in [-0.2, 0) is 13.0 Å². The molecule has 4 aromatic heterocycles. The summed E-state index contributed by atoms with van der Waals surface area (Å²) in [6.07, 6.45) is 4.43. The molecule has 0 bridgehead atoms. The third-order valence-corrected chi connectivity index (χ3v) is 6.70. The van der Waals surface area contributed by atoms with Crippen molar-refractivity contribution in [2.75, 3.05) is 19.6 Å². The van der Waals surface area contributed by atoms with Crippen LogP contribution in [0.25, 0.3) is 22.5 Å². The number of nitrogens with one attached hydrogen (secondary N) is 1. The van der Waals surface area contributed by atoms with Gasteiger partial charge >= 0.3 is 0 Å². The van der Waals surface area contributed by atoms with Crippen molar-refractivity contribution in [2.24, 2.45) is 0 Å². The summed E-state index contributed by atoms with van der Waals surface area (Å²) in [5, 5.41) is 10.5. The summed E-state index contributed by atoms with van der Waals surface area (Å²) >= 11 is 1.84. The molecule has 0 spiro atoms. The first-order valence-corrected chi connectivity index (χ1v) is 11.5. The maximum Gasteiger partial charge on any atom is 0.252 e. The van der Waals surface area contributed by atoms with Crippen LogP contribution in [0.5, 0.6) is 0 Å². The van der Waals surface area contributed by atoms with Gasteiger partial charge in [0.1, 0.15) is 5.69 Å². The fraction of sp³-hybridized carbons (Fsp3) is 0.348. The van der Waals surface area contributed by atoms with Crippen LogP contribution in [-0.4, -0.2) is 45.2 Å². The Balaban J connectivity index is 1.35. The summed E-state index contributed by atoms with van der Waals surface area (Å²) < 4.78 is 7.37. The molecule has 7 nitrogen and oxygen atoms in total. The number of nitrogens with zero attached hydrogens (tertiary/aromatic N) is 4. The van der Waals surface area contributed by atoms with Gasteiger partial charge in [-0.2, -0.15) is 5.10 Å². The zero-order chi connectivity index (χ0) is 21.4. The molecule has 0 unspecified atom stereocenters. The smallest absolute Gasteiger partial charge is 0.252 e. The quantitative estimate of drug-likeness (QED) is 0.493. The van der Waals surface area contributed by atoms with Crippen LogP contribution in [0.15, 0.2) is 46.5 Å². The summed E-state index contributed by atoms with van der Waals surface area (Å²) in [5.74, 6) is 0.518. The molecule has 0 fully saturated rings. The molecular formula is C23H25N5O2S. The maximum absolute atomic E-state index is 13.1. The van der Waals surface area contributed by atoms with E-state index in [4.69, 9.17) is 9.40 Å². The molecule has 1 amide bonds. The van der Waals surface area contributed by atoms with Gasteiger partial charge in [0, 0.05) is 37.1 Å². The molecule has 1 N–H and O–H groups in total. The molecule has 0 aromatic carbocycles. The number of aromatic nitrogens is 3. The van der Waals surface area contributed by atoms with Crippen LogP contribution in [0.1, 0.15) is 40.7 Å². The maximum atomic E-state index is 13.1. The molecule has 0 aliphatic carbocycles. The van der Waals surface area contributed by atoms with E-state index in [9.17, 15) is 4.79 Å². The van der Waals surface area contributed by atoms with Crippen molar-refractivity contribution in [3.8, 4) is 11.5 Å². The van der Waals surface area contributed by atoms with Gasteiger partial charge in [-0.3, -0.25) is 9.69 Å². The van der Waals surface area contributed by atoms with Gasteiger partial charge in [-0.05, 0) is 55.5 Å². The number of thiophene rings is 1. The first-order valence-electron chi connectivity index (χ1n) is 10.6. The fourth-order valence-corrected chi connectivity index (χ4v) is 4.94. The van der Waals surface area contributed by atoms with E-state index in [0.29, 0.717) is 29.2 Å². The SMILES string of the molecule is CC(C)n1ncc2c(C(=O)NCCN3CCc4sccc4C3)cc(-c3ccco3)nc21. The number of carbonyl (C=O) groups is 1. The number of furan rings is 1. The van der Waals surface area contributed by atoms with Crippen LogP contribution in [0, 0.1) is 0 Å². The molecule has 1 aliphatic rings. The van der Waals surface area contributed by atoms with Crippen molar-refractivity contribution in [1.29, 1.82) is 0 Å². The van der Waals surface area contributed by atoms with Crippen molar-refractivity contribution in [3.63, 3.8) is 0 Å². The lowest BCUT2D eigenvalue weighted by molar-refractivity contribution is 0.0949. The van der Waals surface area contributed by atoms with Crippen molar-refractivity contribution in [3.05, 3.63) is 58.1 Å². The van der Waals surface area contributed by atoms with E-state index < -0.39 is 0 Å². The Morgan fingerprint density at radius 2 is 2.26 bits per heavy atom. The number of hydrogen-bond acceptors (Lipinski definition) is 6. The first kappa shape index (κ1) is 20.0. The normalized spacial score (nSPS) is 14.3. The van der Waals surface area contributed by atoms with E-state index in [1.165, 1.54) is 10.4 Å². The second kappa shape index (κ2) is 8.28. The highest BCUT2D eigenvalue weighted by molar-refractivity contribution is 7.10. The Morgan fingerprint density at radius 1 is 1.35 bits per heavy atom. The summed E-state index contributed by atoms with van der Waals surface area (Å²) in [6.45, 7) is 7.50. The summed E-state index contributed by atoms with van der Waals surface area (Å²) in [5.41, 5.74) is 3.31. The molecule has 0 atom stereocenters. The van der Waals surface area contributed by atoms with E-state index in [1.54, 1.807) is 18.5 Å². The highest BCUT2D eigenvalue weighted by Crippen LogP contribution is 2.27. The van der Waals surface area contributed by atoms with Crippen LogP contribution >= 0.6 is 11.3 Å². The molecule has 5 rings (SSSR count). The van der Waals surface area contributed by atoms with E-state index in [0.717, 1.165) is 31.4 Å². The monoisotopic (exact) mass is 435 g/mol. The minimum atomic E-state index is -0.114. The summed E-state index contributed by atoms with van der Waals surface area (Å²) in [6, 6.07) is 7.80. The van der Waals surface area contributed by atoms with Gasteiger partial charge in [-0.25, -0.2) is 9.67 Å². The Hall–Kier alpha value is -2.97. The van der Waals surface area contributed by atoms with Crippen molar-refractivity contribution >= 4 is 28.3 Å². The Morgan fingerprint density at radius 3 is 3.06 bits per heavy atom. The van der Waals surface area contributed by atoms with Crippen molar-refractivity contribution in [2.45, 2.75) is 32.9 Å². The molecule has 31 heavy (non-hydrogen) atoms. The first-order chi connectivity index (χ1) is 15.1. The van der Waals surface area contributed by atoms with Crippen molar-refractivity contribution < 1.29 is 9.21 Å². The molecule has 0 saturated carbocycles. The van der Waals surface area contributed by atoms with Gasteiger partial charge in [0.25, 0.3) is 5.91 Å². The van der Waals surface area contributed by atoms with E-state index in [-0.39, 0.29) is 11.9 Å². The zero-order valence-corrected chi connectivity index (χ0v) is 18.5. The predicted molar refractivity (Wildman–Crippen MR) is 121 cm³/mol. The number of amides is 1. The van der Waals surface area contributed by atoms with Crippen LogP contribution in [0.4, 0.5) is 0 Å². The second-order valence-electron chi connectivity index (χ2n) is 8.10. The highest BCUT2D eigenvalue weighted by atomic mass is 32.1. The molecular weight excluding hydrogens is 410 g/mol. The average Bonchev–Trinajstić information content (AvgIpc) is 3.52. The van der Waals surface area contributed by atoms with E-state index >= 15 is 0 Å². The minimum Gasteiger partial charge on any atom is -0.463 e. The van der Waals surface area contributed by atoms with Crippen LogP contribution in [0.3, 0.4) is 0 Å². The number of fused-ring (bicyclic) bond motifs is 2. The number of hydrogen-bond donors (Lipinski definition) is 1. The molecule has 0 saturated heterocycles. The Labute approximate surface area is 184 Å². The minimum absolute atomic E-state index is 0.114. The molecule has 8 heteroatoms. The zero-order valence-electron chi connectivity index (χ0n) is 17.7. The number of pyridine rings is 1. The van der Waals surface area contributed by atoms with Gasteiger partial charge in [0.2, 0.25) is 0 Å². The van der Waals surface area contributed by atoms with Gasteiger partial charge < -0.3 is 9.73 Å². The second-order valence-corrected chi connectivity index (χ2v) is 9.10. The Kier molecular flexibility index (Phi) is 5.33. The fourth-order valence-electron chi connectivity index (χ4n) is 4.05. The lowest BCUT2D eigenvalue weighted by atomic mass is 10.1. The lowest BCUT2D eigenvalue weighted by Gasteiger charge is -2.26. The van der Waals surface area contributed by atoms with Crippen LogP contribution in [0.2, 0.25) is 0 Å². The van der Waals surface area contributed by atoms with Crippen molar-refractivity contribution in [1.82, 2.24) is 25.0 Å². The summed E-state index contributed by atoms with van der Waals surface area (Å²) in [7, 11) is 0. The average molecular weight is 436 g/mol.